The van der Waals surface area contributed by atoms with Gasteiger partial charge in [0, 0.05) is 38.4 Å². The van der Waals surface area contributed by atoms with Crippen LogP contribution in [0, 0.1) is 11.7 Å². The fourth-order valence-corrected chi connectivity index (χ4v) is 5.70. The van der Waals surface area contributed by atoms with Crippen LogP contribution in [-0.4, -0.2) is 41.3 Å². The lowest BCUT2D eigenvalue weighted by Gasteiger charge is -2.31. The number of imidazole rings is 1. The average Bonchev–Trinajstić information content (AvgIpc) is 3.24. The lowest BCUT2D eigenvalue weighted by Crippen LogP contribution is -2.44. The molecule has 1 atom stereocenters. The number of sulfonamides is 1. The Morgan fingerprint density at radius 3 is 2.39 bits per heavy atom. The van der Waals surface area contributed by atoms with Gasteiger partial charge in [0.1, 0.15) is 17.7 Å². The van der Waals surface area contributed by atoms with E-state index in [1.54, 1.807) is 36.7 Å². The van der Waals surface area contributed by atoms with Crippen LogP contribution in [-0.2, 0) is 27.6 Å². The Kier molecular flexibility index (Phi) is 6.90. The van der Waals surface area contributed by atoms with E-state index in [2.05, 4.69) is 10.3 Å². The summed E-state index contributed by atoms with van der Waals surface area (Å²) in [5, 5.41) is 3.05. The third-order valence-corrected chi connectivity index (χ3v) is 7.87. The molecule has 0 saturated carbocycles. The first-order valence-electron chi connectivity index (χ1n) is 10.9. The van der Waals surface area contributed by atoms with Crippen molar-refractivity contribution in [2.24, 2.45) is 13.0 Å². The monoisotopic (exact) mass is 470 g/mol. The van der Waals surface area contributed by atoms with E-state index in [0.29, 0.717) is 31.8 Å². The molecule has 3 aromatic rings. The summed E-state index contributed by atoms with van der Waals surface area (Å²) in [6, 6.07) is 14.5. The first-order chi connectivity index (χ1) is 15.8. The second kappa shape index (κ2) is 9.84. The van der Waals surface area contributed by atoms with Gasteiger partial charge in [-0.1, -0.05) is 42.5 Å². The summed E-state index contributed by atoms with van der Waals surface area (Å²) in [6.07, 6.45) is 4.31. The fourth-order valence-electron chi connectivity index (χ4n) is 4.14. The fraction of sp³-hybridized carbons (Fsp3) is 0.333. The first-order valence-corrected chi connectivity index (χ1v) is 12.5. The number of amides is 1. The smallest absolute Gasteiger partial charge is 0.224 e. The third-order valence-electron chi connectivity index (χ3n) is 6.02. The van der Waals surface area contributed by atoms with E-state index in [1.807, 2.05) is 29.8 Å². The number of carbonyl (C=O) groups excluding carboxylic acids is 1. The summed E-state index contributed by atoms with van der Waals surface area (Å²) in [5.74, 6) is -0.231. The number of nitrogens with zero attached hydrogens (tertiary/aromatic N) is 3. The van der Waals surface area contributed by atoms with Crippen LogP contribution in [0.25, 0.3) is 0 Å². The van der Waals surface area contributed by atoms with E-state index in [9.17, 15) is 17.6 Å². The molecule has 2 heterocycles. The van der Waals surface area contributed by atoms with E-state index in [1.165, 1.54) is 16.4 Å². The molecule has 7 nitrogen and oxygen atoms in total. The zero-order valence-electron chi connectivity index (χ0n) is 18.4. The SMILES string of the molecule is Cn1ccnc1C(NC(=O)C1CCN(S(=O)(=O)Cc2ccccc2)CC1)c1ccc(F)cc1. The molecule has 1 saturated heterocycles. The summed E-state index contributed by atoms with van der Waals surface area (Å²) >= 11 is 0. The maximum Gasteiger partial charge on any atom is 0.224 e. The van der Waals surface area contributed by atoms with Crippen molar-refractivity contribution in [2.45, 2.75) is 24.6 Å². The molecule has 1 fully saturated rings. The summed E-state index contributed by atoms with van der Waals surface area (Å²) in [7, 11) is -1.61. The first kappa shape index (κ1) is 23.1. The molecule has 0 spiro atoms. The molecule has 0 bridgehead atoms. The molecule has 1 unspecified atom stereocenters. The number of carbonyl (C=O) groups is 1. The lowest BCUT2D eigenvalue weighted by atomic mass is 9.96. The molecule has 1 aliphatic rings. The molecule has 33 heavy (non-hydrogen) atoms. The molecule has 9 heteroatoms. The molecular weight excluding hydrogens is 443 g/mol. The molecule has 1 amide bonds. The van der Waals surface area contributed by atoms with Gasteiger partial charge in [-0.05, 0) is 36.1 Å². The van der Waals surface area contributed by atoms with Gasteiger partial charge in [0.25, 0.3) is 0 Å². The van der Waals surface area contributed by atoms with Crippen molar-refractivity contribution in [3.63, 3.8) is 0 Å². The Bertz CT molecular complexity index is 1190. The van der Waals surface area contributed by atoms with Crippen LogP contribution in [0.2, 0.25) is 0 Å². The highest BCUT2D eigenvalue weighted by molar-refractivity contribution is 7.88. The minimum Gasteiger partial charge on any atom is -0.342 e. The number of aryl methyl sites for hydroxylation is 1. The van der Waals surface area contributed by atoms with Gasteiger partial charge in [-0.25, -0.2) is 22.1 Å². The highest BCUT2D eigenvalue weighted by atomic mass is 32.2. The van der Waals surface area contributed by atoms with Crippen LogP contribution in [0.5, 0.6) is 0 Å². The van der Waals surface area contributed by atoms with Crippen LogP contribution in [0.1, 0.15) is 35.8 Å². The normalized spacial score (nSPS) is 16.4. The van der Waals surface area contributed by atoms with Crippen LogP contribution in [0.4, 0.5) is 4.39 Å². The van der Waals surface area contributed by atoms with Gasteiger partial charge in [0.2, 0.25) is 15.9 Å². The highest BCUT2D eigenvalue weighted by Gasteiger charge is 2.32. The topological polar surface area (TPSA) is 84.3 Å². The van der Waals surface area contributed by atoms with Gasteiger partial charge in [-0.2, -0.15) is 0 Å². The molecule has 1 aromatic heterocycles. The van der Waals surface area contributed by atoms with Crippen molar-refractivity contribution in [1.29, 1.82) is 0 Å². The highest BCUT2D eigenvalue weighted by Crippen LogP contribution is 2.25. The van der Waals surface area contributed by atoms with E-state index in [4.69, 9.17) is 0 Å². The molecular formula is C24H27FN4O3S. The minimum atomic E-state index is -3.44. The van der Waals surface area contributed by atoms with Gasteiger partial charge in [0.15, 0.2) is 0 Å². The second-order valence-corrected chi connectivity index (χ2v) is 10.3. The summed E-state index contributed by atoms with van der Waals surface area (Å²) in [6.45, 7) is 0.605. The maximum absolute atomic E-state index is 13.4. The average molecular weight is 471 g/mol. The van der Waals surface area contributed by atoms with Crippen LogP contribution in [0.15, 0.2) is 67.0 Å². The predicted octanol–water partition coefficient (Wildman–Crippen LogP) is 3.01. The Labute approximate surface area is 193 Å². The molecule has 0 radical (unpaired) electrons. The van der Waals surface area contributed by atoms with Crippen molar-refractivity contribution in [2.75, 3.05) is 13.1 Å². The van der Waals surface area contributed by atoms with Crippen molar-refractivity contribution >= 4 is 15.9 Å². The second-order valence-electron chi connectivity index (χ2n) is 8.30. The largest absolute Gasteiger partial charge is 0.342 e. The van der Waals surface area contributed by atoms with Gasteiger partial charge in [-0.15, -0.1) is 0 Å². The van der Waals surface area contributed by atoms with Gasteiger partial charge >= 0.3 is 0 Å². The van der Waals surface area contributed by atoms with E-state index >= 15 is 0 Å². The summed E-state index contributed by atoms with van der Waals surface area (Å²) < 4.78 is 42.3. The van der Waals surface area contributed by atoms with E-state index in [-0.39, 0.29) is 23.4 Å². The number of hydrogen-bond acceptors (Lipinski definition) is 4. The van der Waals surface area contributed by atoms with Crippen molar-refractivity contribution in [1.82, 2.24) is 19.2 Å². The molecule has 0 aliphatic carbocycles. The van der Waals surface area contributed by atoms with E-state index < -0.39 is 16.1 Å². The lowest BCUT2D eigenvalue weighted by molar-refractivity contribution is -0.126. The molecule has 174 valence electrons. The number of halogens is 1. The number of nitrogens with one attached hydrogen (secondary N) is 1. The van der Waals surface area contributed by atoms with Crippen molar-refractivity contribution < 1.29 is 17.6 Å². The van der Waals surface area contributed by atoms with Crippen LogP contribution >= 0.6 is 0 Å². The number of aromatic nitrogens is 2. The van der Waals surface area contributed by atoms with Gasteiger partial charge < -0.3 is 9.88 Å². The van der Waals surface area contributed by atoms with Crippen molar-refractivity contribution in [3.8, 4) is 0 Å². The van der Waals surface area contributed by atoms with Crippen molar-refractivity contribution in [3.05, 3.63) is 89.8 Å². The zero-order valence-corrected chi connectivity index (χ0v) is 19.2. The summed E-state index contributed by atoms with van der Waals surface area (Å²) in [5.41, 5.74) is 1.47. The standard InChI is InChI=1S/C24H27FN4O3S/c1-28-16-13-26-23(28)22(19-7-9-21(25)10-8-19)27-24(30)20-11-14-29(15-12-20)33(31,32)17-18-5-3-2-4-6-18/h2-10,13,16,20,22H,11-12,14-15,17H2,1H3,(H,27,30). The third kappa shape index (κ3) is 5.48. The van der Waals surface area contributed by atoms with Gasteiger partial charge in [0.05, 0.1) is 5.75 Å². The predicted molar refractivity (Wildman–Crippen MR) is 123 cm³/mol. The Hall–Kier alpha value is -3.04. The van der Waals surface area contributed by atoms with Crippen LogP contribution in [0.3, 0.4) is 0 Å². The zero-order chi connectivity index (χ0) is 23.4. The number of benzene rings is 2. The maximum atomic E-state index is 13.4. The number of rotatable bonds is 7. The molecule has 1 aliphatic heterocycles. The molecule has 4 rings (SSSR count). The van der Waals surface area contributed by atoms with Gasteiger partial charge in [-0.3, -0.25) is 4.79 Å². The minimum absolute atomic E-state index is 0.0451. The number of hydrogen-bond donors (Lipinski definition) is 1. The number of piperidine rings is 1. The Morgan fingerprint density at radius 1 is 1.12 bits per heavy atom. The Balaban J connectivity index is 1.42. The summed E-state index contributed by atoms with van der Waals surface area (Å²) in [4.78, 5) is 17.5. The van der Waals surface area contributed by atoms with E-state index in [0.717, 1.165) is 11.1 Å². The molecule has 2 aromatic carbocycles. The quantitative estimate of drug-likeness (QED) is 0.575. The molecule has 1 N–H and O–H groups in total. The Morgan fingerprint density at radius 2 is 1.79 bits per heavy atom. The van der Waals surface area contributed by atoms with Crippen LogP contribution < -0.4 is 5.32 Å².